The van der Waals surface area contributed by atoms with Crippen LogP contribution in [0, 0.1) is 0 Å². The van der Waals surface area contributed by atoms with E-state index in [1.807, 2.05) is 51.1 Å². The minimum Gasteiger partial charge on any atom is -0.372 e. The van der Waals surface area contributed by atoms with Gasteiger partial charge in [-0.15, -0.1) is 11.3 Å². The number of aromatic nitrogens is 2. The molecule has 0 saturated carbocycles. The highest BCUT2D eigenvalue weighted by Crippen LogP contribution is 2.43. The molecule has 1 aliphatic heterocycles. The summed E-state index contributed by atoms with van der Waals surface area (Å²) in [6.07, 6.45) is 8.50. The smallest absolute Gasteiger partial charge is 0.241 e. The van der Waals surface area contributed by atoms with Gasteiger partial charge in [0.15, 0.2) is 6.23 Å². The number of sulfone groups is 1. The molecule has 3 N–H and O–H groups in total. The van der Waals surface area contributed by atoms with Crippen molar-refractivity contribution >= 4 is 37.3 Å². The van der Waals surface area contributed by atoms with Gasteiger partial charge in [0.05, 0.1) is 27.0 Å². The molecule has 5 rings (SSSR count). The zero-order valence-corrected chi connectivity index (χ0v) is 25.2. The second-order valence-electron chi connectivity index (χ2n) is 11.3. The molecular formula is C28H34N4O5S3. The molecule has 40 heavy (non-hydrogen) atoms. The van der Waals surface area contributed by atoms with Crippen LogP contribution in [-0.4, -0.2) is 55.0 Å². The van der Waals surface area contributed by atoms with Gasteiger partial charge in [0.2, 0.25) is 10.0 Å². The second kappa shape index (κ2) is 11.1. The van der Waals surface area contributed by atoms with Crippen LogP contribution >= 0.6 is 11.3 Å². The van der Waals surface area contributed by atoms with Crippen LogP contribution in [-0.2, 0) is 26.3 Å². The predicted octanol–water partition coefficient (Wildman–Crippen LogP) is 4.07. The molecule has 1 saturated heterocycles. The molecule has 0 amide bonds. The van der Waals surface area contributed by atoms with Crippen molar-refractivity contribution in [1.29, 1.82) is 0 Å². The third kappa shape index (κ3) is 6.37. The first-order valence-electron chi connectivity index (χ1n) is 13.3. The Morgan fingerprint density at radius 2 is 1.90 bits per heavy atom. The summed E-state index contributed by atoms with van der Waals surface area (Å²) in [5.41, 5.74) is 3.20. The third-order valence-electron chi connectivity index (χ3n) is 6.90. The second-order valence-corrected chi connectivity index (χ2v) is 16.3. The first-order valence-corrected chi connectivity index (χ1v) is 17.4. The van der Waals surface area contributed by atoms with Gasteiger partial charge in [0, 0.05) is 35.1 Å². The minimum absolute atomic E-state index is 0.0965. The number of fused-ring (bicyclic) bond motifs is 1. The van der Waals surface area contributed by atoms with E-state index in [9.17, 15) is 21.9 Å². The maximum absolute atomic E-state index is 13.3. The van der Waals surface area contributed by atoms with E-state index in [0.29, 0.717) is 30.0 Å². The molecule has 3 heterocycles. The maximum Gasteiger partial charge on any atom is 0.241 e. The number of aliphatic hydroxyl groups is 1. The summed E-state index contributed by atoms with van der Waals surface area (Å²) in [7, 11) is -6.77. The molecule has 1 atom stereocenters. The highest BCUT2D eigenvalue weighted by atomic mass is 32.2. The molecule has 0 radical (unpaired) electrons. The quantitative estimate of drug-likeness (QED) is 0.344. The first kappa shape index (κ1) is 29.0. The molecule has 0 bridgehead atoms. The lowest BCUT2D eigenvalue weighted by Gasteiger charge is -2.25. The van der Waals surface area contributed by atoms with Crippen LogP contribution < -0.4 is 10.0 Å². The van der Waals surface area contributed by atoms with E-state index in [-0.39, 0.29) is 22.4 Å². The topological polar surface area (TPSA) is 138 Å². The zero-order chi connectivity index (χ0) is 28.7. The number of benzene rings is 1. The number of sulfonamides is 1. The number of pyridine rings is 1. The van der Waals surface area contributed by atoms with Crippen molar-refractivity contribution in [2.45, 2.75) is 69.2 Å². The summed E-state index contributed by atoms with van der Waals surface area (Å²) < 4.78 is 53.1. The van der Waals surface area contributed by atoms with Crippen molar-refractivity contribution in [2.75, 3.05) is 11.5 Å². The van der Waals surface area contributed by atoms with Crippen LogP contribution in [0.15, 0.2) is 47.6 Å². The summed E-state index contributed by atoms with van der Waals surface area (Å²) in [5.74, 6) is 0.193. The van der Waals surface area contributed by atoms with E-state index in [0.717, 1.165) is 33.6 Å². The van der Waals surface area contributed by atoms with E-state index in [4.69, 9.17) is 4.98 Å². The van der Waals surface area contributed by atoms with Crippen molar-refractivity contribution in [3.8, 4) is 21.7 Å². The monoisotopic (exact) mass is 602 g/mol. The number of allylic oxidation sites excluding steroid dienone is 1. The molecule has 1 aliphatic carbocycles. The first-order chi connectivity index (χ1) is 18.8. The zero-order valence-electron chi connectivity index (χ0n) is 22.7. The lowest BCUT2D eigenvalue weighted by Crippen LogP contribution is -2.40. The summed E-state index contributed by atoms with van der Waals surface area (Å²) in [4.78, 5) is 10.1. The van der Waals surface area contributed by atoms with Crippen molar-refractivity contribution in [3.63, 3.8) is 0 Å². The van der Waals surface area contributed by atoms with E-state index in [2.05, 4.69) is 15.0 Å². The average molecular weight is 603 g/mol. The van der Waals surface area contributed by atoms with E-state index >= 15 is 0 Å². The molecule has 1 unspecified atom stereocenters. The molecule has 214 valence electrons. The van der Waals surface area contributed by atoms with Gasteiger partial charge in [0.25, 0.3) is 0 Å². The van der Waals surface area contributed by atoms with Gasteiger partial charge in [-0.2, -0.15) is 0 Å². The fourth-order valence-electron chi connectivity index (χ4n) is 5.12. The molecule has 0 spiro atoms. The lowest BCUT2D eigenvalue weighted by atomic mass is 9.91. The number of rotatable bonds is 7. The van der Waals surface area contributed by atoms with Crippen LogP contribution in [0.25, 0.3) is 27.8 Å². The Balaban J connectivity index is 1.57. The average Bonchev–Trinajstić information content (AvgIpc) is 3.34. The number of aliphatic hydroxyl groups excluding tert-OH is 1. The standard InChI is InChI=1S/C28H34N4O5S3/c1-28(2,3)32-40(36,37)23-11-10-22(20-8-4-5-9-21(20)23)25-24(18-7-6-14-29-17-18)31-27(38-25)26(33)30-19-12-15-39(34,35)16-13-19/h4,6-8,10-11,14,17,19,26,30,32-33H,5,9,12-13,15-16H2,1-3H3. The van der Waals surface area contributed by atoms with Gasteiger partial charge in [0.1, 0.15) is 14.8 Å². The SMILES string of the molecule is CC(C)(C)NS(=O)(=O)c1ccc(-c2sc(C(O)NC3CCS(=O)(=O)CC3)nc2-c2cccnc2)c2c1CCC=C2. The fraction of sp³-hybridized carbons (Fsp3) is 0.429. The van der Waals surface area contributed by atoms with Crippen LogP contribution in [0.4, 0.5) is 0 Å². The van der Waals surface area contributed by atoms with Crippen molar-refractivity contribution in [3.05, 3.63) is 58.9 Å². The highest BCUT2D eigenvalue weighted by Gasteiger charge is 2.30. The molecule has 2 aliphatic rings. The van der Waals surface area contributed by atoms with E-state index < -0.39 is 31.6 Å². The highest BCUT2D eigenvalue weighted by molar-refractivity contribution is 7.91. The van der Waals surface area contributed by atoms with Crippen LogP contribution in [0.2, 0.25) is 0 Å². The van der Waals surface area contributed by atoms with Crippen molar-refractivity contribution < 1.29 is 21.9 Å². The van der Waals surface area contributed by atoms with Crippen molar-refractivity contribution in [1.82, 2.24) is 20.0 Å². The summed E-state index contributed by atoms with van der Waals surface area (Å²) in [6, 6.07) is 7.05. The number of nitrogens with zero attached hydrogens (tertiary/aromatic N) is 2. The van der Waals surface area contributed by atoms with Crippen LogP contribution in [0.3, 0.4) is 0 Å². The number of nitrogens with one attached hydrogen (secondary N) is 2. The molecular weight excluding hydrogens is 569 g/mol. The molecule has 9 nitrogen and oxygen atoms in total. The Kier molecular flexibility index (Phi) is 8.03. The van der Waals surface area contributed by atoms with Gasteiger partial charge in [-0.25, -0.2) is 26.5 Å². The van der Waals surface area contributed by atoms with Crippen molar-refractivity contribution in [2.24, 2.45) is 0 Å². The van der Waals surface area contributed by atoms with E-state index in [1.165, 1.54) is 11.3 Å². The van der Waals surface area contributed by atoms with Gasteiger partial charge in [-0.3, -0.25) is 10.3 Å². The number of thiazole rings is 1. The fourth-order valence-corrected chi connectivity index (χ4v) is 9.38. The predicted molar refractivity (Wildman–Crippen MR) is 158 cm³/mol. The minimum atomic E-state index is -3.75. The van der Waals surface area contributed by atoms with E-state index in [1.54, 1.807) is 18.5 Å². The summed E-state index contributed by atoms with van der Waals surface area (Å²) in [5, 5.41) is 14.7. The van der Waals surface area contributed by atoms with Gasteiger partial charge < -0.3 is 5.11 Å². The normalized spacial score (nSPS) is 18.4. The Morgan fingerprint density at radius 1 is 1.15 bits per heavy atom. The molecule has 1 fully saturated rings. The Morgan fingerprint density at radius 3 is 2.58 bits per heavy atom. The molecule has 1 aromatic carbocycles. The van der Waals surface area contributed by atoms with Gasteiger partial charge in [-0.1, -0.05) is 18.2 Å². The maximum atomic E-state index is 13.3. The Labute approximate surface area is 239 Å². The molecule has 2 aromatic heterocycles. The summed E-state index contributed by atoms with van der Waals surface area (Å²) in [6.45, 7) is 5.45. The van der Waals surface area contributed by atoms with Crippen LogP contribution in [0.1, 0.15) is 62.4 Å². The largest absolute Gasteiger partial charge is 0.372 e. The molecule has 3 aromatic rings. The number of hydrogen-bond donors (Lipinski definition) is 3. The Hall–Kier alpha value is -2.48. The van der Waals surface area contributed by atoms with Crippen LogP contribution in [0.5, 0.6) is 0 Å². The Bertz CT molecular complexity index is 1630. The van der Waals surface area contributed by atoms with Gasteiger partial charge >= 0.3 is 0 Å². The summed E-state index contributed by atoms with van der Waals surface area (Å²) >= 11 is 1.33. The lowest BCUT2D eigenvalue weighted by molar-refractivity contribution is 0.120. The molecule has 12 heteroatoms. The van der Waals surface area contributed by atoms with Gasteiger partial charge in [-0.05, 0) is 75.8 Å². The third-order valence-corrected chi connectivity index (χ3v) is 11.6. The number of hydrogen-bond acceptors (Lipinski definition) is 9.